The average molecular weight is 442 g/mol. The Morgan fingerprint density at radius 1 is 1.12 bits per heavy atom. The third-order valence-electron chi connectivity index (χ3n) is 6.76. The maximum absolute atomic E-state index is 13.2. The van der Waals surface area contributed by atoms with Crippen molar-refractivity contribution in [2.45, 2.75) is 65.1 Å². The molecule has 0 saturated carbocycles. The third-order valence-corrected chi connectivity index (χ3v) is 6.76. The van der Waals surface area contributed by atoms with Crippen molar-refractivity contribution in [3.8, 4) is 5.75 Å². The summed E-state index contributed by atoms with van der Waals surface area (Å²) in [5.74, 6) is 0.280. The molecule has 0 bridgehead atoms. The van der Waals surface area contributed by atoms with E-state index in [-0.39, 0.29) is 35.8 Å². The van der Waals surface area contributed by atoms with Gasteiger partial charge in [0.05, 0.1) is 5.69 Å². The van der Waals surface area contributed by atoms with Crippen LogP contribution in [0.25, 0.3) is 0 Å². The van der Waals surface area contributed by atoms with Crippen molar-refractivity contribution in [1.29, 1.82) is 0 Å². The molecule has 32 heavy (non-hydrogen) atoms. The Kier molecular flexibility index (Phi) is 7.44. The number of carbonyl (C=O) groups is 1. The summed E-state index contributed by atoms with van der Waals surface area (Å²) in [6.45, 7) is 12.8. The monoisotopic (exact) mass is 441 g/mol. The van der Waals surface area contributed by atoms with Gasteiger partial charge in [-0.3, -0.25) is 9.69 Å². The number of piperazine rings is 1. The van der Waals surface area contributed by atoms with Gasteiger partial charge in [-0.1, -0.05) is 39.0 Å². The van der Waals surface area contributed by atoms with E-state index < -0.39 is 0 Å². The van der Waals surface area contributed by atoms with Gasteiger partial charge in [0.15, 0.2) is 6.61 Å². The van der Waals surface area contributed by atoms with Gasteiger partial charge in [-0.2, -0.15) is 0 Å². The van der Waals surface area contributed by atoms with Crippen LogP contribution in [0.1, 0.15) is 52.2 Å². The van der Waals surface area contributed by atoms with Crippen LogP contribution in [-0.4, -0.2) is 47.5 Å². The van der Waals surface area contributed by atoms with E-state index >= 15 is 0 Å². The zero-order chi connectivity index (χ0) is 23.5. The molecule has 3 rings (SSSR count). The quantitative estimate of drug-likeness (QED) is 0.638. The summed E-state index contributed by atoms with van der Waals surface area (Å²) >= 11 is 0. The van der Waals surface area contributed by atoms with Crippen LogP contribution in [0, 0.1) is 5.82 Å². The van der Waals surface area contributed by atoms with E-state index in [1.54, 1.807) is 0 Å². The number of nitrogens with two attached hydrogens (primary N) is 1. The topological polar surface area (TPSA) is 58.8 Å². The minimum Gasteiger partial charge on any atom is -0.482 e. The fourth-order valence-electron chi connectivity index (χ4n) is 4.12. The van der Waals surface area contributed by atoms with E-state index in [4.69, 9.17) is 10.5 Å². The van der Waals surface area contributed by atoms with Crippen molar-refractivity contribution in [3.05, 3.63) is 59.4 Å². The van der Waals surface area contributed by atoms with E-state index in [1.165, 1.54) is 12.1 Å². The Labute approximate surface area is 191 Å². The highest BCUT2D eigenvalue weighted by molar-refractivity contribution is 5.78. The minimum atomic E-state index is -0.227. The highest BCUT2D eigenvalue weighted by Gasteiger charge is 2.32. The summed E-state index contributed by atoms with van der Waals surface area (Å²) in [4.78, 5) is 17.1. The number of hydrogen-bond acceptors (Lipinski definition) is 4. The second-order valence-corrected chi connectivity index (χ2v) is 9.58. The molecule has 1 fully saturated rings. The van der Waals surface area contributed by atoms with Gasteiger partial charge in [0.25, 0.3) is 5.91 Å². The number of nitrogens with zero attached hydrogens (tertiary/aromatic N) is 2. The van der Waals surface area contributed by atoms with Crippen molar-refractivity contribution >= 4 is 11.6 Å². The molecule has 0 aliphatic carbocycles. The van der Waals surface area contributed by atoms with Crippen LogP contribution in [-0.2, 0) is 16.8 Å². The molecule has 1 heterocycles. The lowest BCUT2D eigenvalue weighted by Gasteiger charge is -2.44. The maximum Gasteiger partial charge on any atom is 0.260 e. The van der Waals surface area contributed by atoms with Gasteiger partial charge in [0.1, 0.15) is 11.6 Å². The van der Waals surface area contributed by atoms with E-state index in [9.17, 15) is 9.18 Å². The Bertz CT molecular complexity index is 929. The van der Waals surface area contributed by atoms with Crippen LogP contribution in [0.4, 0.5) is 10.1 Å². The zero-order valence-corrected chi connectivity index (χ0v) is 19.9. The van der Waals surface area contributed by atoms with Crippen LogP contribution >= 0.6 is 0 Å². The van der Waals surface area contributed by atoms with Gasteiger partial charge in [0, 0.05) is 31.7 Å². The Morgan fingerprint density at radius 3 is 2.44 bits per heavy atom. The van der Waals surface area contributed by atoms with Crippen molar-refractivity contribution in [1.82, 2.24) is 9.80 Å². The number of nitrogen functional groups attached to an aromatic ring is 1. The van der Waals surface area contributed by atoms with Crippen molar-refractivity contribution < 1.29 is 13.9 Å². The molecule has 1 aliphatic heterocycles. The lowest BCUT2D eigenvalue weighted by Crippen LogP contribution is -2.58. The maximum atomic E-state index is 13.2. The number of carbonyl (C=O) groups excluding carboxylic acids is 1. The SMILES string of the molecule is CCC(C)(C)c1ccc(OCC(=O)N2C[C@H](C)N(Cc3ccc(F)cc3)C[C@H]2C)c(N)c1. The molecular weight excluding hydrogens is 405 g/mol. The average Bonchev–Trinajstić information content (AvgIpc) is 2.76. The first kappa shape index (κ1) is 24.1. The molecule has 0 unspecified atom stereocenters. The predicted octanol–water partition coefficient (Wildman–Crippen LogP) is 4.60. The fraction of sp³-hybridized carbons (Fsp3) is 0.500. The summed E-state index contributed by atoms with van der Waals surface area (Å²) in [5.41, 5.74) is 9.04. The molecule has 5 nitrogen and oxygen atoms in total. The number of amides is 1. The molecule has 2 aromatic carbocycles. The highest BCUT2D eigenvalue weighted by atomic mass is 19.1. The first-order valence-corrected chi connectivity index (χ1v) is 11.4. The van der Waals surface area contributed by atoms with Gasteiger partial charge in [0.2, 0.25) is 0 Å². The van der Waals surface area contributed by atoms with Gasteiger partial charge < -0.3 is 15.4 Å². The molecule has 2 N–H and O–H groups in total. The van der Waals surface area contributed by atoms with Crippen molar-refractivity contribution in [2.24, 2.45) is 0 Å². The number of rotatable bonds is 7. The summed E-state index contributed by atoms with van der Waals surface area (Å²) < 4.78 is 19.0. The number of ether oxygens (including phenoxy) is 1. The van der Waals surface area contributed by atoms with Crippen LogP contribution in [0.3, 0.4) is 0 Å². The summed E-state index contributed by atoms with van der Waals surface area (Å²) in [5, 5.41) is 0. The molecule has 0 spiro atoms. The van der Waals surface area contributed by atoms with Crippen LogP contribution in [0.2, 0.25) is 0 Å². The molecule has 0 radical (unpaired) electrons. The van der Waals surface area contributed by atoms with Crippen molar-refractivity contribution in [3.63, 3.8) is 0 Å². The second-order valence-electron chi connectivity index (χ2n) is 9.58. The second kappa shape index (κ2) is 9.90. The molecule has 2 aromatic rings. The van der Waals surface area contributed by atoms with Gasteiger partial charge in [-0.05, 0) is 61.1 Å². The van der Waals surface area contributed by atoms with Gasteiger partial charge in [-0.15, -0.1) is 0 Å². The van der Waals surface area contributed by atoms with Crippen LogP contribution in [0.5, 0.6) is 5.75 Å². The van der Waals surface area contributed by atoms with E-state index in [0.717, 1.165) is 30.6 Å². The molecule has 1 saturated heterocycles. The lowest BCUT2D eigenvalue weighted by molar-refractivity contribution is -0.139. The van der Waals surface area contributed by atoms with E-state index in [0.29, 0.717) is 18.0 Å². The molecule has 1 aliphatic rings. The fourth-order valence-corrected chi connectivity index (χ4v) is 4.12. The zero-order valence-electron chi connectivity index (χ0n) is 19.9. The number of halogens is 1. The Balaban J connectivity index is 1.57. The standard InChI is InChI=1S/C26H36FN3O2/c1-6-26(4,5)21-9-12-24(23(28)13-21)32-17-25(31)30-15-18(2)29(14-19(30)3)16-20-7-10-22(27)11-8-20/h7-13,18-19H,6,14-17,28H2,1-5H3/t18-,19+/m0/s1. The van der Waals surface area contributed by atoms with E-state index in [2.05, 4.69) is 39.5 Å². The minimum absolute atomic E-state index is 0.0320. The van der Waals surface area contributed by atoms with E-state index in [1.807, 2.05) is 35.2 Å². The van der Waals surface area contributed by atoms with Gasteiger partial charge in [-0.25, -0.2) is 4.39 Å². The molecule has 1 amide bonds. The highest BCUT2D eigenvalue weighted by Crippen LogP contribution is 2.32. The van der Waals surface area contributed by atoms with Crippen molar-refractivity contribution in [2.75, 3.05) is 25.4 Å². The smallest absolute Gasteiger partial charge is 0.260 e. The molecule has 174 valence electrons. The molecule has 2 atom stereocenters. The van der Waals surface area contributed by atoms with Crippen LogP contribution in [0.15, 0.2) is 42.5 Å². The summed E-state index contributed by atoms with van der Waals surface area (Å²) in [7, 11) is 0. The summed E-state index contributed by atoms with van der Waals surface area (Å²) in [6, 6.07) is 12.7. The first-order valence-electron chi connectivity index (χ1n) is 11.4. The number of benzene rings is 2. The first-order chi connectivity index (χ1) is 15.1. The van der Waals surface area contributed by atoms with Crippen LogP contribution < -0.4 is 10.5 Å². The Hall–Kier alpha value is -2.60. The molecule has 6 heteroatoms. The number of hydrogen-bond donors (Lipinski definition) is 1. The lowest BCUT2D eigenvalue weighted by atomic mass is 9.82. The molecule has 0 aromatic heterocycles. The van der Waals surface area contributed by atoms with Gasteiger partial charge >= 0.3 is 0 Å². The summed E-state index contributed by atoms with van der Waals surface area (Å²) in [6.07, 6.45) is 1.01. The molecular formula is C26H36FN3O2. The largest absolute Gasteiger partial charge is 0.482 e. The predicted molar refractivity (Wildman–Crippen MR) is 127 cm³/mol. The number of anilines is 1. The normalized spacial score (nSPS) is 19.8. The third kappa shape index (κ3) is 5.60. The Morgan fingerprint density at radius 2 is 1.81 bits per heavy atom.